The van der Waals surface area contributed by atoms with E-state index >= 15 is 0 Å². The van der Waals surface area contributed by atoms with E-state index in [0.717, 1.165) is 12.0 Å². The number of aliphatic hydroxyl groups excluding tert-OH is 1. The van der Waals surface area contributed by atoms with E-state index in [0.29, 0.717) is 22.3 Å². The average Bonchev–Trinajstić information content (AvgIpc) is 2.30. The van der Waals surface area contributed by atoms with E-state index in [-0.39, 0.29) is 12.6 Å². The molecule has 0 fully saturated rings. The van der Waals surface area contributed by atoms with Gasteiger partial charge in [0, 0.05) is 12.6 Å². The van der Waals surface area contributed by atoms with Crippen molar-refractivity contribution in [3.8, 4) is 5.75 Å². The smallest absolute Gasteiger partial charge is 0.156 e. The molecule has 1 atom stereocenters. The van der Waals surface area contributed by atoms with Crippen molar-refractivity contribution in [3.05, 3.63) is 27.7 Å². The maximum atomic E-state index is 9.06. The second kappa shape index (κ2) is 7.07. The first kappa shape index (κ1) is 14.6. The highest BCUT2D eigenvalue weighted by molar-refractivity contribution is 6.37. The van der Waals surface area contributed by atoms with Crippen LogP contribution in [0, 0.1) is 0 Å². The Bertz CT molecular complexity index is 345. The van der Waals surface area contributed by atoms with Crippen molar-refractivity contribution in [2.75, 3.05) is 13.7 Å². The molecular formula is C12H17Cl2NO2. The minimum atomic E-state index is 0.0923. The average molecular weight is 278 g/mol. The lowest BCUT2D eigenvalue weighted by Gasteiger charge is -2.15. The highest BCUT2D eigenvalue weighted by atomic mass is 35.5. The van der Waals surface area contributed by atoms with Gasteiger partial charge >= 0.3 is 0 Å². The number of rotatable bonds is 6. The highest BCUT2D eigenvalue weighted by Gasteiger charge is 2.09. The summed E-state index contributed by atoms with van der Waals surface area (Å²) in [5, 5.41) is 13.3. The standard InChI is InChI=1S/C12H17Cl2NO2/c1-3-9(7-16)15-6-8-4-10(13)12(17-2)11(14)5-8/h4-5,9,15-16H,3,6-7H2,1-2H3. The van der Waals surface area contributed by atoms with Gasteiger partial charge in [0.15, 0.2) is 5.75 Å². The first-order valence-electron chi connectivity index (χ1n) is 5.48. The number of hydrogen-bond donors (Lipinski definition) is 2. The lowest BCUT2D eigenvalue weighted by molar-refractivity contribution is 0.238. The summed E-state index contributed by atoms with van der Waals surface area (Å²) in [6.07, 6.45) is 0.869. The van der Waals surface area contributed by atoms with Crippen LogP contribution in [-0.4, -0.2) is 24.9 Å². The maximum absolute atomic E-state index is 9.06. The van der Waals surface area contributed by atoms with E-state index in [1.807, 2.05) is 19.1 Å². The number of aliphatic hydroxyl groups is 1. The van der Waals surface area contributed by atoms with Crippen LogP contribution in [0.25, 0.3) is 0 Å². The van der Waals surface area contributed by atoms with Crippen molar-refractivity contribution in [2.45, 2.75) is 25.9 Å². The summed E-state index contributed by atoms with van der Waals surface area (Å²) in [6.45, 7) is 2.75. The first-order valence-corrected chi connectivity index (χ1v) is 6.24. The van der Waals surface area contributed by atoms with E-state index < -0.39 is 0 Å². The second-order valence-electron chi connectivity index (χ2n) is 3.76. The minimum Gasteiger partial charge on any atom is -0.494 e. The number of benzene rings is 1. The van der Waals surface area contributed by atoms with Gasteiger partial charge in [0.05, 0.1) is 23.8 Å². The Hall–Kier alpha value is -0.480. The zero-order valence-corrected chi connectivity index (χ0v) is 11.5. The molecule has 1 rings (SSSR count). The largest absolute Gasteiger partial charge is 0.494 e. The Labute approximate surface area is 112 Å². The molecule has 0 heterocycles. The van der Waals surface area contributed by atoms with Gasteiger partial charge in [-0.3, -0.25) is 0 Å². The normalized spacial score (nSPS) is 12.5. The van der Waals surface area contributed by atoms with Gasteiger partial charge in [-0.05, 0) is 24.1 Å². The Morgan fingerprint density at radius 3 is 2.35 bits per heavy atom. The van der Waals surface area contributed by atoms with Gasteiger partial charge in [-0.2, -0.15) is 0 Å². The van der Waals surface area contributed by atoms with Crippen LogP contribution in [0.5, 0.6) is 5.75 Å². The van der Waals surface area contributed by atoms with E-state index in [4.69, 9.17) is 33.0 Å². The number of halogens is 2. The zero-order chi connectivity index (χ0) is 12.8. The fourth-order valence-corrected chi connectivity index (χ4v) is 2.20. The van der Waals surface area contributed by atoms with E-state index in [2.05, 4.69) is 5.32 Å². The van der Waals surface area contributed by atoms with Crippen molar-refractivity contribution in [3.63, 3.8) is 0 Å². The fraction of sp³-hybridized carbons (Fsp3) is 0.500. The second-order valence-corrected chi connectivity index (χ2v) is 4.58. The van der Waals surface area contributed by atoms with E-state index in [1.54, 1.807) is 0 Å². The third-order valence-corrected chi connectivity index (χ3v) is 3.13. The lowest BCUT2D eigenvalue weighted by atomic mass is 10.2. The Morgan fingerprint density at radius 2 is 1.94 bits per heavy atom. The predicted octanol–water partition coefficient (Wildman–Crippen LogP) is 2.86. The van der Waals surface area contributed by atoms with Gasteiger partial charge in [-0.1, -0.05) is 30.1 Å². The van der Waals surface area contributed by atoms with Gasteiger partial charge in [-0.15, -0.1) is 0 Å². The summed E-state index contributed by atoms with van der Waals surface area (Å²) >= 11 is 12.1. The van der Waals surface area contributed by atoms with Crippen LogP contribution in [0.3, 0.4) is 0 Å². The summed E-state index contributed by atoms with van der Waals surface area (Å²) < 4.78 is 5.07. The maximum Gasteiger partial charge on any atom is 0.156 e. The number of methoxy groups -OCH3 is 1. The molecule has 0 saturated heterocycles. The molecule has 0 saturated carbocycles. The van der Waals surface area contributed by atoms with Crippen molar-refractivity contribution >= 4 is 23.2 Å². The van der Waals surface area contributed by atoms with Gasteiger partial charge in [0.25, 0.3) is 0 Å². The van der Waals surface area contributed by atoms with Crippen LogP contribution < -0.4 is 10.1 Å². The summed E-state index contributed by atoms with van der Waals surface area (Å²) in [6, 6.07) is 3.71. The molecule has 1 aromatic carbocycles. The van der Waals surface area contributed by atoms with Gasteiger partial charge < -0.3 is 15.2 Å². The van der Waals surface area contributed by atoms with Crippen molar-refractivity contribution < 1.29 is 9.84 Å². The minimum absolute atomic E-state index is 0.0923. The molecule has 5 heteroatoms. The third-order valence-electron chi connectivity index (χ3n) is 2.57. The molecule has 0 bridgehead atoms. The molecule has 0 amide bonds. The molecule has 0 radical (unpaired) electrons. The van der Waals surface area contributed by atoms with Gasteiger partial charge in [0.1, 0.15) is 0 Å². The van der Waals surface area contributed by atoms with Crippen molar-refractivity contribution in [1.82, 2.24) is 5.32 Å². The molecule has 3 nitrogen and oxygen atoms in total. The van der Waals surface area contributed by atoms with E-state index in [9.17, 15) is 0 Å². The Kier molecular flexibility index (Phi) is 6.06. The van der Waals surface area contributed by atoms with Gasteiger partial charge in [0.2, 0.25) is 0 Å². The molecule has 1 unspecified atom stereocenters. The molecule has 17 heavy (non-hydrogen) atoms. The first-order chi connectivity index (χ1) is 8.12. The van der Waals surface area contributed by atoms with Crippen molar-refractivity contribution in [1.29, 1.82) is 0 Å². The SMILES string of the molecule is CCC(CO)NCc1cc(Cl)c(OC)c(Cl)c1. The molecule has 96 valence electrons. The third kappa shape index (κ3) is 4.03. The topological polar surface area (TPSA) is 41.5 Å². The summed E-state index contributed by atoms with van der Waals surface area (Å²) in [4.78, 5) is 0. The molecule has 1 aromatic rings. The summed E-state index contributed by atoms with van der Waals surface area (Å²) in [7, 11) is 1.53. The number of nitrogens with one attached hydrogen (secondary N) is 1. The molecule has 0 aliphatic carbocycles. The zero-order valence-electron chi connectivity index (χ0n) is 9.96. The molecule has 0 aliphatic heterocycles. The van der Waals surface area contributed by atoms with Crippen LogP contribution in [0.4, 0.5) is 0 Å². The quantitative estimate of drug-likeness (QED) is 0.840. The fourth-order valence-electron chi connectivity index (χ4n) is 1.51. The Balaban J connectivity index is 2.73. The molecule has 0 aromatic heterocycles. The summed E-state index contributed by atoms with van der Waals surface area (Å²) in [5.74, 6) is 0.492. The summed E-state index contributed by atoms with van der Waals surface area (Å²) in [5.41, 5.74) is 0.965. The van der Waals surface area contributed by atoms with Crippen LogP contribution >= 0.6 is 23.2 Å². The highest BCUT2D eigenvalue weighted by Crippen LogP contribution is 2.33. The van der Waals surface area contributed by atoms with E-state index in [1.165, 1.54) is 7.11 Å². The number of hydrogen-bond acceptors (Lipinski definition) is 3. The number of ether oxygens (including phenoxy) is 1. The molecule has 2 N–H and O–H groups in total. The molecular weight excluding hydrogens is 261 g/mol. The van der Waals surface area contributed by atoms with Gasteiger partial charge in [-0.25, -0.2) is 0 Å². The molecule has 0 aliphatic rings. The monoisotopic (exact) mass is 277 g/mol. The van der Waals surface area contributed by atoms with Crippen LogP contribution in [0.15, 0.2) is 12.1 Å². The van der Waals surface area contributed by atoms with Crippen LogP contribution in [-0.2, 0) is 6.54 Å². The van der Waals surface area contributed by atoms with Crippen LogP contribution in [0.1, 0.15) is 18.9 Å². The lowest BCUT2D eigenvalue weighted by Crippen LogP contribution is -2.31. The predicted molar refractivity (Wildman–Crippen MR) is 71.0 cm³/mol. The van der Waals surface area contributed by atoms with Crippen molar-refractivity contribution in [2.24, 2.45) is 0 Å². The molecule has 0 spiro atoms. The Morgan fingerprint density at radius 1 is 1.35 bits per heavy atom. The van der Waals surface area contributed by atoms with Crippen LogP contribution in [0.2, 0.25) is 10.0 Å².